The number of nitrogens with one attached hydrogen (secondary N) is 1. The second kappa shape index (κ2) is 7.51. The molecule has 0 radical (unpaired) electrons. The normalized spacial score (nSPS) is 10.7. The van der Waals surface area contributed by atoms with Gasteiger partial charge >= 0.3 is 0 Å². The number of hydrogen-bond acceptors (Lipinski definition) is 2. The Morgan fingerprint density at radius 3 is 2.57 bits per heavy atom. The number of para-hydroxylation sites is 1. The van der Waals surface area contributed by atoms with Crippen LogP contribution in [0.1, 0.15) is 36.5 Å². The fourth-order valence-electron chi connectivity index (χ4n) is 2.37. The second-order valence-electron chi connectivity index (χ2n) is 5.94. The Hall–Kier alpha value is -2.00. The van der Waals surface area contributed by atoms with E-state index in [1.54, 1.807) is 12.1 Å². The van der Waals surface area contributed by atoms with Gasteiger partial charge in [0.25, 0.3) is 5.91 Å². The quantitative estimate of drug-likeness (QED) is 0.828. The van der Waals surface area contributed by atoms with Crippen LogP contribution in [0, 0.1) is 13.8 Å². The maximum absolute atomic E-state index is 12.2. The first kappa shape index (κ1) is 17.4. The number of amides is 1. The number of carbonyl (C=O) groups excluding carboxylic acids is 1. The second-order valence-corrected chi connectivity index (χ2v) is 6.35. The number of hydrogen-bond donors (Lipinski definition) is 1. The number of rotatable bonds is 5. The number of halogens is 1. The average molecular weight is 332 g/mol. The molecule has 2 aromatic rings. The van der Waals surface area contributed by atoms with Crippen molar-refractivity contribution >= 4 is 23.2 Å². The van der Waals surface area contributed by atoms with Gasteiger partial charge in [-0.2, -0.15) is 0 Å². The van der Waals surface area contributed by atoms with Crippen molar-refractivity contribution in [3.63, 3.8) is 0 Å². The molecular formula is C19H22ClNO2. The number of aryl methyl sites for hydroxylation is 2. The van der Waals surface area contributed by atoms with Crippen molar-refractivity contribution in [3.8, 4) is 5.75 Å². The predicted molar refractivity (Wildman–Crippen MR) is 95.6 cm³/mol. The fourth-order valence-corrected chi connectivity index (χ4v) is 2.49. The summed E-state index contributed by atoms with van der Waals surface area (Å²) in [7, 11) is 0. The summed E-state index contributed by atoms with van der Waals surface area (Å²) >= 11 is 5.98. The largest absolute Gasteiger partial charge is 0.484 e. The van der Waals surface area contributed by atoms with Gasteiger partial charge in [0.1, 0.15) is 5.75 Å². The van der Waals surface area contributed by atoms with Gasteiger partial charge in [0.05, 0.1) is 0 Å². The molecule has 0 saturated carbocycles. The highest BCUT2D eigenvalue weighted by molar-refractivity contribution is 6.31. The monoisotopic (exact) mass is 331 g/mol. The first-order valence-corrected chi connectivity index (χ1v) is 8.04. The molecule has 1 N–H and O–H groups in total. The third kappa shape index (κ3) is 4.49. The summed E-state index contributed by atoms with van der Waals surface area (Å²) < 4.78 is 5.55. The van der Waals surface area contributed by atoms with Crippen molar-refractivity contribution in [2.45, 2.75) is 33.6 Å². The van der Waals surface area contributed by atoms with Crippen LogP contribution in [0.2, 0.25) is 5.02 Å². The third-order valence-corrected chi connectivity index (χ3v) is 4.11. The highest BCUT2D eigenvalue weighted by Gasteiger charge is 2.12. The van der Waals surface area contributed by atoms with Crippen molar-refractivity contribution in [2.24, 2.45) is 0 Å². The van der Waals surface area contributed by atoms with Crippen LogP contribution >= 0.6 is 11.6 Å². The molecule has 3 nitrogen and oxygen atoms in total. The molecule has 0 aliphatic carbocycles. The number of anilines is 1. The first-order chi connectivity index (χ1) is 10.9. The van der Waals surface area contributed by atoms with Crippen LogP contribution in [-0.2, 0) is 4.79 Å². The van der Waals surface area contributed by atoms with Crippen LogP contribution < -0.4 is 10.1 Å². The van der Waals surface area contributed by atoms with Crippen LogP contribution in [-0.4, -0.2) is 12.5 Å². The lowest BCUT2D eigenvalue weighted by Gasteiger charge is -2.16. The summed E-state index contributed by atoms with van der Waals surface area (Å²) in [5.74, 6) is 0.801. The highest BCUT2D eigenvalue weighted by Crippen LogP contribution is 2.27. The lowest BCUT2D eigenvalue weighted by molar-refractivity contribution is -0.118. The number of ether oxygens (including phenoxy) is 1. The van der Waals surface area contributed by atoms with E-state index in [0.717, 1.165) is 22.4 Å². The minimum atomic E-state index is -0.172. The molecule has 0 saturated heterocycles. The molecular weight excluding hydrogens is 310 g/mol. The van der Waals surface area contributed by atoms with Crippen molar-refractivity contribution in [1.82, 2.24) is 0 Å². The van der Waals surface area contributed by atoms with Gasteiger partial charge in [0, 0.05) is 10.7 Å². The first-order valence-electron chi connectivity index (χ1n) is 7.66. The predicted octanol–water partition coefficient (Wildman–Crippen LogP) is 5.10. The molecule has 1 amide bonds. The SMILES string of the molecule is Cc1cc(OCC(=O)Nc2c(C)cccc2C(C)C)ccc1Cl. The van der Waals surface area contributed by atoms with E-state index in [2.05, 4.69) is 19.2 Å². The standard InChI is InChI=1S/C19H22ClNO2/c1-12(2)16-7-5-6-13(3)19(16)21-18(22)11-23-15-8-9-17(20)14(4)10-15/h5-10,12H,11H2,1-4H3,(H,21,22). The Morgan fingerprint density at radius 2 is 1.91 bits per heavy atom. The third-order valence-electron chi connectivity index (χ3n) is 3.69. The highest BCUT2D eigenvalue weighted by atomic mass is 35.5. The van der Waals surface area contributed by atoms with E-state index >= 15 is 0 Å². The zero-order chi connectivity index (χ0) is 17.0. The Labute approximate surface area is 142 Å². The summed E-state index contributed by atoms with van der Waals surface area (Å²) in [4.78, 5) is 12.2. The van der Waals surface area contributed by atoms with Crippen LogP contribution in [0.4, 0.5) is 5.69 Å². The molecule has 23 heavy (non-hydrogen) atoms. The number of benzene rings is 2. The van der Waals surface area contributed by atoms with Gasteiger partial charge in [-0.25, -0.2) is 0 Å². The van der Waals surface area contributed by atoms with Crippen molar-refractivity contribution < 1.29 is 9.53 Å². The smallest absolute Gasteiger partial charge is 0.262 e. The summed E-state index contributed by atoms with van der Waals surface area (Å²) in [6.45, 7) is 8.07. The van der Waals surface area contributed by atoms with Gasteiger partial charge in [-0.05, 0) is 54.7 Å². The van der Waals surface area contributed by atoms with Gasteiger partial charge in [0.2, 0.25) is 0 Å². The molecule has 0 heterocycles. The molecule has 0 aliphatic heterocycles. The molecule has 2 aromatic carbocycles. The van der Waals surface area contributed by atoms with Crippen molar-refractivity contribution in [2.75, 3.05) is 11.9 Å². The molecule has 2 rings (SSSR count). The summed E-state index contributed by atoms with van der Waals surface area (Å²) in [5.41, 5.74) is 3.97. The topological polar surface area (TPSA) is 38.3 Å². The fraction of sp³-hybridized carbons (Fsp3) is 0.316. The summed E-state index contributed by atoms with van der Waals surface area (Å²) in [5, 5.41) is 3.65. The van der Waals surface area contributed by atoms with Crippen LogP contribution in [0.25, 0.3) is 0 Å². The number of carbonyl (C=O) groups is 1. The molecule has 0 unspecified atom stereocenters. The van der Waals surface area contributed by atoms with Crippen molar-refractivity contribution in [1.29, 1.82) is 0 Å². The van der Waals surface area contributed by atoms with Crippen LogP contribution in [0.3, 0.4) is 0 Å². The van der Waals surface area contributed by atoms with Crippen LogP contribution in [0.5, 0.6) is 5.75 Å². The minimum Gasteiger partial charge on any atom is -0.484 e. The minimum absolute atomic E-state index is 0.0348. The maximum atomic E-state index is 12.2. The van der Waals surface area contributed by atoms with Crippen molar-refractivity contribution in [3.05, 3.63) is 58.1 Å². The van der Waals surface area contributed by atoms with E-state index in [-0.39, 0.29) is 12.5 Å². The van der Waals surface area contributed by atoms with Crippen LogP contribution in [0.15, 0.2) is 36.4 Å². The summed E-state index contributed by atoms with van der Waals surface area (Å²) in [6, 6.07) is 11.4. The molecule has 0 fully saturated rings. The lowest BCUT2D eigenvalue weighted by Crippen LogP contribution is -2.21. The van der Waals surface area contributed by atoms with E-state index in [4.69, 9.17) is 16.3 Å². The molecule has 0 bridgehead atoms. The lowest BCUT2D eigenvalue weighted by atomic mass is 9.98. The zero-order valence-electron chi connectivity index (χ0n) is 13.9. The van der Waals surface area contributed by atoms with E-state index in [1.165, 1.54) is 0 Å². The maximum Gasteiger partial charge on any atom is 0.262 e. The molecule has 0 aliphatic rings. The van der Waals surface area contributed by atoms with Gasteiger partial charge in [-0.1, -0.05) is 43.6 Å². The van der Waals surface area contributed by atoms with E-state index in [0.29, 0.717) is 16.7 Å². The molecule has 122 valence electrons. The van der Waals surface area contributed by atoms with Gasteiger partial charge in [-0.3, -0.25) is 4.79 Å². The van der Waals surface area contributed by atoms with E-state index < -0.39 is 0 Å². The van der Waals surface area contributed by atoms with Gasteiger partial charge in [0.15, 0.2) is 6.61 Å². The molecule has 4 heteroatoms. The Kier molecular flexibility index (Phi) is 5.67. The Bertz CT molecular complexity index is 711. The Morgan fingerprint density at radius 1 is 1.17 bits per heavy atom. The van der Waals surface area contributed by atoms with Gasteiger partial charge in [-0.15, -0.1) is 0 Å². The average Bonchev–Trinajstić information content (AvgIpc) is 2.50. The molecule has 0 spiro atoms. The molecule has 0 aromatic heterocycles. The Balaban J connectivity index is 2.04. The summed E-state index contributed by atoms with van der Waals surface area (Å²) in [6.07, 6.45) is 0. The molecule has 0 atom stereocenters. The zero-order valence-corrected chi connectivity index (χ0v) is 14.7. The van der Waals surface area contributed by atoms with E-state index in [1.807, 2.05) is 38.1 Å². The van der Waals surface area contributed by atoms with Gasteiger partial charge < -0.3 is 10.1 Å². The van der Waals surface area contributed by atoms with E-state index in [9.17, 15) is 4.79 Å².